The molecule has 3 rings (SSSR count). The standard InChI is InChI=1S/C23H26FN3O4/c1-31-15-5-13-25-22(29)20-8-4-14-27(20)23(30)16-9-11-17(12-10-16)26-21(28)18-6-2-3-7-19(18)24/h2-3,6-7,9-12,20H,4-5,8,13-15H2,1H3,(H,25,29)(H,26,28). The monoisotopic (exact) mass is 427 g/mol. The van der Waals surface area contributed by atoms with Crippen LogP contribution in [-0.4, -0.2) is 55.5 Å². The van der Waals surface area contributed by atoms with Gasteiger partial charge in [0, 0.05) is 38.1 Å². The smallest absolute Gasteiger partial charge is 0.258 e. The molecule has 31 heavy (non-hydrogen) atoms. The fraction of sp³-hybridized carbons (Fsp3) is 0.348. The van der Waals surface area contributed by atoms with Crippen molar-refractivity contribution in [1.82, 2.24) is 10.2 Å². The molecule has 2 aromatic carbocycles. The first-order valence-corrected chi connectivity index (χ1v) is 10.2. The highest BCUT2D eigenvalue weighted by atomic mass is 19.1. The largest absolute Gasteiger partial charge is 0.385 e. The Morgan fingerprint density at radius 2 is 1.87 bits per heavy atom. The maximum atomic E-state index is 13.8. The van der Waals surface area contributed by atoms with Crippen molar-refractivity contribution in [3.8, 4) is 0 Å². The van der Waals surface area contributed by atoms with E-state index in [1.54, 1.807) is 42.3 Å². The summed E-state index contributed by atoms with van der Waals surface area (Å²) in [6, 6.07) is 11.6. The molecule has 3 amide bonds. The number of methoxy groups -OCH3 is 1. The Morgan fingerprint density at radius 3 is 2.58 bits per heavy atom. The van der Waals surface area contributed by atoms with E-state index in [4.69, 9.17) is 4.74 Å². The molecule has 0 bridgehead atoms. The average molecular weight is 427 g/mol. The maximum Gasteiger partial charge on any atom is 0.258 e. The number of amides is 3. The molecule has 1 saturated heterocycles. The minimum Gasteiger partial charge on any atom is -0.385 e. The van der Waals surface area contributed by atoms with Crippen molar-refractivity contribution in [1.29, 1.82) is 0 Å². The molecule has 1 unspecified atom stereocenters. The summed E-state index contributed by atoms with van der Waals surface area (Å²) in [5.41, 5.74) is 0.806. The minimum atomic E-state index is -0.604. The third kappa shape index (κ3) is 5.67. The number of hydrogen-bond donors (Lipinski definition) is 2. The van der Waals surface area contributed by atoms with Crippen molar-refractivity contribution in [2.75, 3.05) is 32.1 Å². The van der Waals surface area contributed by atoms with Gasteiger partial charge in [-0.3, -0.25) is 14.4 Å². The van der Waals surface area contributed by atoms with Gasteiger partial charge in [0.15, 0.2) is 0 Å². The number of anilines is 1. The Kier molecular flexibility index (Phi) is 7.72. The zero-order valence-electron chi connectivity index (χ0n) is 17.4. The quantitative estimate of drug-likeness (QED) is 0.634. The second kappa shape index (κ2) is 10.7. The zero-order valence-corrected chi connectivity index (χ0v) is 17.4. The van der Waals surface area contributed by atoms with E-state index in [0.717, 1.165) is 6.42 Å². The van der Waals surface area contributed by atoms with Crippen molar-refractivity contribution < 1.29 is 23.5 Å². The van der Waals surface area contributed by atoms with Crippen molar-refractivity contribution >= 4 is 23.4 Å². The van der Waals surface area contributed by atoms with Crippen LogP contribution >= 0.6 is 0 Å². The number of ether oxygens (including phenoxy) is 1. The Morgan fingerprint density at radius 1 is 1.13 bits per heavy atom. The number of nitrogens with one attached hydrogen (secondary N) is 2. The van der Waals surface area contributed by atoms with Crippen molar-refractivity contribution in [3.05, 3.63) is 65.5 Å². The number of likely N-dealkylation sites (tertiary alicyclic amines) is 1. The van der Waals surface area contributed by atoms with Gasteiger partial charge in [0.25, 0.3) is 11.8 Å². The predicted octanol–water partition coefficient (Wildman–Crippen LogP) is 2.84. The third-order valence-corrected chi connectivity index (χ3v) is 5.15. The SMILES string of the molecule is COCCCNC(=O)C1CCCN1C(=O)c1ccc(NC(=O)c2ccccc2F)cc1. The number of benzene rings is 2. The highest BCUT2D eigenvalue weighted by molar-refractivity contribution is 6.05. The summed E-state index contributed by atoms with van der Waals surface area (Å²) >= 11 is 0. The van der Waals surface area contributed by atoms with E-state index in [1.165, 1.54) is 18.2 Å². The number of nitrogens with zero attached hydrogens (tertiary/aromatic N) is 1. The molecular formula is C23H26FN3O4. The fourth-order valence-corrected chi connectivity index (χ4v) is 3.53. The van der Waals surface area contributed by atoms with Gasteiger partial charge in [0.2, 0.25) is 5.91 Å². The summed E-state index contributed by atoms with van der Waals surface area (Å²) in [7, 11) is 1.61. The van der Waals surface area contributed by atoms with E-state index in [9.17, 15) is 18.8 Å². The van der Waals surface area contributed by atoms with Crippen LogP contribution < -0.4 is 10.6 Å². The fourth-order valence-electron chi connectivity index (χ4n) is 3.53. The Labute approximate surface area is 180 Å². The van der Waals surface area contributed by atoms with E-state index >= 15 is 0 Å². The first-order chi connectivity index (χ1) is 15.0. The average Bonchev–Trinajstić information content (AvgIpc) is 3.27. The van der Waals surface area contributed by atoms with Crippen LogP contribution in [-0.2, 0) is 9.53 Å². The van der Waals surface area contributed by atoms with Crippen LogP contribution in [0.2, 0.25) is 0 Å². The van der Waals surface area contributed by atoms with Gasteiger partial charge in [-0.2, -0.15) is 0 Å². The van der Waals surface area contributed by atoms with Crippen molar-refractivity contribution in [3.63, 3.8) is 0 Å². The molecule has 164 valence electrons. The van der Waals surface area contributed by atoms with E-state index in [2.05, 4.69) is 10.6 Å². The number of halogens is 1. The molecule has 2 aromatic rings. The molecule has 1 fully saturated rings. The van der Waals surface area contributed by atoms with Gasteiger partial charge < -0.3 is 20.3 Å². The lowest BCUT2D eigenvalue weighted by molar-refractivity contribution is -0.124. The van der Waals surface area contributed by atoms with Crippen LogP contribution in [0, 0.1) is 5.82 Å². The van der Waals surface area contributed by atoms with Crippen LogP contribution in [0.15, 0.2) is 48.5 Å². The highest BCUT2D eigenvalue weighted by Crippen LogP contribution is 2.21. The van der Waals surface area contributed by atoms with Gasteiger partial charge >= 0.3 is 0 Å². The van der Waals surface area contributed by atoms with Crippen molar-refractivity contribution in [2.45, 2.75) is 25.3 Å². The van der Waals surface area contributed by atoms with Gasteiger partial charge in [-0.15, -0.1) is 0 Å². The summed E-state index contributed by atoms with van der Waals surface area (Å²) < 4.78 is 18.7. The van der Waals surface area contributed by atoms with Gasteiger partial charge in [0.1, 0.15) is 11.9 Å². The highest BCUT2D eigenvalue weighted by Gasteiger charge is 2.34. The Balaban J connectivity index is 1.61. The lowest BCUT2D eigenvalue weighted by Gasteiger charge is -2.24. The van der Waals surface area contributed by atoms with Crippen LogP contribution in [0.4, 0.5) is 10.1 Å². The van der Waals surface area contributed by atoms with Crippen LogP contribution in [0.25, 0.3) is 0 Å². The van der Waals surface area contributed by atoms with E-state index < -0.39 is 17.8 Å². The van der Waals surface area contributed by atoms with Gasteiger partial charge in [0.05, 0.1) is 5.56 Å². The number of carbonyl (C=O) groups excluding carboxylic acids is 3. The van der Waals surface area contributed by atoms with E-state index in [0.29, 0.717) is 43.8 Å². The lowest BCUT2D eigenvalue weighted by atomic mass is 10.1. The van der Waals surface area contributed by atoms with Crippen LogP contribution in [0.1, 0.15) is 40.0 Å². The summed E-state index contributed by atoms with van der Waals surface area (Å²) in [6.07, 6.45) is 2.10. The summed E-state index contributed by atoms with van der Waals surface area (Å²) in [4.78, 5) is 39.2. The van der Waals surface area contributed by atoms with E-state index in [-0.39, 0.29) is 17.4 Å². The van der Waals surface area contributed by atoms with Gasteiger partial charge in [-0.1, -0.05) is 12.1 Å². The third-order valence-electron chi connectivity index (χ3n) is 5.15. The molecule has 1 atom stereocenters. The molecule has 7 nitrogen and oxygen atoms in total. The maximum absolute atomic E-state index is 13.8. The molecule has 2 N–H and O–H groups in total. The molecule has 0 saturated carbocycles. The number of hydrogen-bond acceptors (Lipinski definition) is 4. The number of rotatable bonds is 8. The Hall–Kier alpha value is -3.26. The second-order valence-electron chi connectivity index (χ2n) is 7.31. The molecule has 0 radical (unpaired) electrons. The molecule has 1 aliphatic heterocycles. The second-order valence-corrected chi connectivity index (χ2v) is 7.31. The molecule has 1 aliphatic rings. The predicted molar refractivity (Wildman–Crippen MR) is 114 cm³/mol. The summed E-state index contributed by atoms with van der Waals surface area (Å²) in [5.74, 6) is -1.56. The molecule has 1 heterocycles. The molecule has 8 heteroatoms. The van der Waals surface area contributed by atoms with Gasteiger partial charge in [-0.25, -0.2) is 4.39 Å². The minimum absolute atomic E-state index is 0.0564. The van der Waals surface area contributed by atoms with Crippen molar-refractivity contribution in [2.24, 2.45) is 0 Å². The first-order valence-electron chi connectivity index (χ1n) is 10.2. The molecule has 0 spiro atoms. The zero-order chi connectivity index (χ0) is 22.2. The lowest BCUT2D eigenvalue weighted by Crippen LogP contribution is -2.46. The Bertz CT molecular complexity index is 933. The van der Waals surface area contributed by atoms with Gasteiger partial charge in [-0.05, 0) is 55.7 Å². The van der Waals surface area contributed by atoms with Crippen LogP contribution in [0.3, 0.4) is 0 Å². The first kappa shape index (κ1) is 22.4. The van der Waals surface area contributed by atoms with Crippen LogP contribution in [0.5, 0.6) is 0 Å². The summed E-state index contributed by atoms with van der Waals surface area (Å²) in [5, 5.41) is 5.47. The summed E-state index contributed by atoms with van der Waals surface area (Å²) in [6.45, 7) is 1.58. The molecule has 0 aromatic heterocycles. The number of carbonyl (C=O) groups is 3. The molecule has 0 aliphatic carbocycles. The molecular weight excluding hydrogens is 401 g/mol. The van der Waals surface area contributed by atoms with E-state index in [1.807, 2.05) is 0 Å². The topological polar surface area (TPSA) is 87.7 Å². The normalized spacial score (nSPS) is 15.5.